The highest BCUT2D eigenvalue weighted by Gasteiger charge is 2.36. The molecule has 204 valence electrons. The van der Waals surface area contributed by atoms with Crippen molar-refractivity contribution in [1.82, 2.24) is 20.7 Å². The number of benzene rings is 2. The molecule has 0 radical (unpaired) electrons. The Morgan fingerprint density at radius 3 is 2.21 bits per heavy atom. The van der Waals surface area contributed by atoms with Crippen molar-refractivity contribution in [3.05, 3.63) is 93.1 Å². The lowest BCUT2D eigenvalue weighted by atomic mass is 9.85. The summed E-state index contributed by atoms with van der Waals surface area (Å²) in [6, 6.07) is 17.8. The molecule has 0 bridgehead atoms. The summed E-state index contributed by atoms with van der Waals surface area (Å²) in [7, 11) is 1.49. The van der Waals surface area contributed by atoms with E-state index in [1.165, 1.54) is 28.4 Å². The monoisotopic (exact) mass is 565 g/mol. The van der Waals surface area contributed by atoms with Crippen LogP contribution in [0.5, 0.6) is 0 Å². The quantitative estimate of drug-likeness (QED) is 0.212. The van der Waals surface area contributed by atoms with Crippen molar-refractivity contribution in [2.24, 2.45) is 5.41 Å². The summed E-state index contributed by atoms with van der Waals surface area (Å²) in [4.78, 5) is 40.6. The van der Waals surface area contributed by atoms with E-state index in [0.717, 1.165) is 11.1 Å². The van der Waals surface area contributed by atoms with Crippen LogP contribution in [-0.4, -0.2) is 46.9 Å². The van der Waals surface area contributed by atoms with Crippen LogP contribution in [0.1, 0.15) is 41.6 Å². The summed E-state index contributed by atoms with van der Waals surface area (Å²) in [5.41, 5.74) is 0.977. The molecule has 2 aromatic carbocycles. The topological polar surface area (TPSA) is 106 Å². The molecule has 2 N–H and O–H groups in total. The lowest BCUT2D eigenvalue weighted by Crippen LogP contribution is -2.59. The van der Waals surface area contributed by atoms with Gasteiger partial charge in [0.15, 0.2) is 6.19 Å². The van der Waals surface area contributed by atoms with E-state index >= 15 is 0 Å². The number of hydrogen-bond donors (Lipinski definition) is 2. The van der Waals surface area contributed by atoms with E-state index < -0.39 is 29.3 Å². The predicted molar refractivity (Wildman–Crippen MR) is 152 cm³/mol. The number of likely N-dealkylation sites (N-methyl/N-ethyl adjacent to an activating group) is 1. The van der Waals surface area contributed by atoms with Gasteiger partial charge in [0, 0.05) is 18.5 Å². The molecule has 0 unspecified atom stereocenters. The minimum Gasteiger partial charge on any atom is -0.342 e. The lowest BCUT2D eigenvalue weighted by molar-refractivity contribution is -0.146. The maximum Gasteiger partial charge on any atom is 0.264 e. The highest BCUT2D eigenvalue weighted by atomic mass is 35.5. The van der Waals surface area contributed by atoms with Crippen LogP contribution >= 0.6 is 22.9 Å². The largest absolute Gasteiger partial charge is 0.342 e. The fourth-order valence-electron chi connectivity index (χ4n) is 3.91. The number of halogens is 1. The standard InChI is InChI=1S/C29H32ClN5O3S/c1-29(2,3)25(33-26(36)24-11-8-16-39-24)27(37)32-23(17-20-9-6-5-7-10-20)28(38)34(4)35(19-31)18-21-12-14-22(30)15-13-21/h5-16,23,25H,17-18H2,1-4H3,(H,32,37)(H,33,36)/t23-,25+/m0/s1. The van der Waals surface area contributed by atoms with E-state index in [1.54, 1.807) is 41.8 Å². The van der Waals surface area contributed by atoms with Crippen molar-refractivity contribution < 1.29 is 14.4 Å². The number of thiophene rings is 1. The molecule has 0 fully saturated rings. The Labute approximate surface area is 238 Å². The van der Waals surface area contributed by atoms with Gasteiger partial charge < -0.3 is 10.6 Å². The fourth-order valence-corrected chi connectivity index (χ4v) is 4.66. The molecule has 1 aromatic heterocycles. The van der Waals surface area contributed by atoms with Crippen LogP contribution in [0.3, 0.4) is 0 Å². The number of hydrogen-bond acceptors (Lipinski definition) is 6. The number of nitrogens with one attached hydrogen (secondary N) is 2. The summed E-state index contributed by atoms with van der Waals surface area (Å²) in [6.45, 7) is 5.67. The first-order valence-electron chi connectivity index (χ1n) is 12.4. The molecular weight excluding hydrogens is 534 g/mol. The molecule has 0 spiro atoms. The van der Waals surface area contributed by atoms with Crippen LogP contribution in [0.2, 0.25) is 5.02 Å². The van der Waals surface area contributed by atoms with Crippen LogP contribution in [0, 0.1) is 16.9 Å². The number of nitriles is 1. The molecule has 0 aliphatic heterocycles. The Bertz CT molecular complexity index is 1300. The number of nitrogens with zero attached hydrogens (tertiary/aromatic N) is 3. The molecular formula is C29H32ClN5O3S. The minimum absolute atomic E-state index is 0.142. The molecule has 0 aliphatic carbocycles. The first-order valence-corrected chi connectivity index (χ1v) is 13.6. The zero-order valence-electron chi connectivity index (χ0n) is 22.3. The van der Waals surface area contributed by atoms with Gasteiger partial charge in [-0.1, -0.05) is 80.9 Å². The third kappa shape index (κ3) is 8.31. The van der Waals surface area contributed by atoms with E-state index in [0.29, 0.717) is 9.90 Å². The van der Waals surface area contributed by atoms with Crippen LogP contribution in [-0.2, 0) is 22.6 Å². The molecule has 0 aliphatic rings. The number of amides is 3. The van der Waals surface area contributed by atoms with E-state index in [9.17, 15) is 19.6 Å². The SMILES string of the molecule is CN(C(=O)[C@H](Cc1ccccc1)NC(=O)[C@@H](NC(=O)c1cccs1)C(C)(C)C)N(C#N)Cc1ccc(Cl)cc1. The first kappa shape index (κ1) is 29.7. The zero-order valence-corrected chi connectivity index (χ0v) is 23.9. The van der Waals surface area contributed by atoms with Crippen molar-refractivity contribution >= 4 is 40.7 Å². The maximum absolute atomic E-state index is 13.7. The normalized spacial score (nSPS) is 12.5. The van der Waals surface area contributed by atoms with Gasteiger partial charge in [0.05, 0.1) is 11.4 Å². The van der Waals surface area contributed by atoms with E-state index in [-0.39, 0.29) is 18.9 Å². The van der Waals surface area contributed by atoms with Gasteiger partial charge in [-0.2, -0.15) is 5.26 Å². The number of carbonyl (C=O) groups is 3. The van der Waals surface area contributed by atoms with Crippen molar-refractivity contribution in [3.8, 4) is 6.19 Å². The minimum atomic E-state index is -0.991. The van der Waals surface area contributed by atoms with Gasteiger partial charge in [0.1, 0.15) is 12.1 Å². The Balaban J connectivity index is 1.84. The molecule has 3 aromatic rings. The van der Waals surface area contributed by atoms with Crippen LogP contribution in [0.4, 0.5) is 0 Å². The van der Waals surface area contributed by atoms with E-state index in [1.807, 2.05) is 57.3 Å². The molecule has 39 heavy (non-hydrogen) atoms. The van der Waals surface area contributed by atoms with Gasteiger partial charge in [-0.05, 0) is 40.1 Å². The Morgan fingerprint density at radius 1 is 0.974 bits per heavy atom. The lowest BCUT2D eigenvalue weighted by Gasteiger charge is -2.34. The number of rotatable bonds is 10. The molecule has 3 rings (SSSR count). The van der Waals surface area contributed by atoms with Gasteiger partial charge in [-0.15, -0.1) is 11.3 Å². The van der Waals surface area contributed by atoms with E-state index in [2.05, 4.69) is 10.6 Å². The van der Waals surface area contributed by atoms with Crippen LogP contribution in [0.25, 0.3) is 0 Å². The average molecular weight is 566 g/mol. The second-order valence-electron chi connectivity index (χ2n) is 10.1. The molecule has 10 heteroatoms. The van der Waals surface area contributed by atoms with Crippen LogP contribution < -0.4 is 10.6 Å². The molecule has 0 saturated heterocycles. The highest BCUT2D eigenvalue weighted by Crippen LogP contribution is 2.22. The fraction of sp³-hybridized carbons (Fsp3) is 0.310. The number of carbonyl (C=O) groups excluding carboxylic acids is 3. The van der Waals surface area contributed by atoms with Gasteiger partial charge in [-0.25, -0.2) is 10.0 Å². The highest BCUT2D eigenvalue weighted by molar-refractivity contribution is 7.12. The van der Waals surface area contributed by atoms with Crippen molar-refractivity contribution in [2.45, 2.75) is 45.8 Å². The zero-order chi connectivity index (χ0) is 28.6. The predicted octanol–water partition coefficient (Wildman–Crippen LogP) is 4.63. The number of hydrazine groups is 1. The Morgan fingerprint density at radius 2 is 1.64 bits per heavy atom. The van der Waals surface area contributed by atoms with Crippen molar-refractivity contribution in [3.63, 3.8) is 0 Å². The van der Waals surface area contributed by atoms with Crippen molar-refractivity contribution in [1.29, 1.82) is 5.26 Å². The smallest absolute Gasteiger partial charge is 0.264 e. The molecule has 1 heterocycles. The summed E-state index contributed by atoms with van der Waals surface area (Å²) in [5.74, 6) is -1.32. The van der Waals surface area contributed by atoms with Gasteiger partial charge in [-0.3, -0.25) is 14.4 Å². The van der Waals surface area contributed by atoms with Gasteiger partial charge in [0.25, 0.3) is 11.8 Å². The average Bonchev–Trinajstić information content (AvgIpc) is 3.45. The molecule has 0 saturated carbocycles. The summed E-state index contributed by atoms with van der Waals surface area (Å²) in [5, 5.41) is 20.3. The molecule has 8 nitrogen and oxygen atoms in total. The second kappa shape index (κ2) is 13.3. The van der Waals surface area contributed by atoms with E-state index in [4.69, 9.17) is 11.6 Å². The summed E-state index contributed by atoms with van der Waals surface area (Å²) < 4.78 is 0. The molecule has 3 amide bonds. The maximum atomic E-state index is 13.7. The van der Waals surface area contributed by atoms with Crippen molar-refractivity contribution in [2.75, 3.05) is 7.05 Å². The first-order chi connectivity index (χ1) is 18.5. The third-order valence-electron chi connectivity index (χ3n) is 6.09. The summed E-state index contributed by atoms with van der Waals surface area (Å²) in [6.07, 6.45) is 2.24. The molecule has 2 atom stereocenters. The Hall–Kier alpha value is -3.87. The third-order valence-corrected chi connectivity index (χ3v) is 7.21. The van der Waals surface area contributed by atoms with Crippen LogP contribution in [0.15, 0.2) is 72.1 Å². The van der Waals surface area contributed by atoms with Gasteiger partial charge >= 0.3 is 0 Å². The van der Waals surface area contributed by atoms with Gasteiger partial charge in [0.2, 0.25) is 5.91 Å². The summed E-state index contributed by atoms with van der Waals surface area (Å²) >= 11 is 7.25. The Kier molecular flexibility index (Phi) is 10.1. The second-order valence-corrected chi connectivity index (χ2v) is 11.5.